The molecule has 0 saturated heterocycles. The van der Waals surface area contributed by atoms with Crippen LogP contribution in [0, 0.1) is 0 Å². The second-order valence-corrected chi connectivity index (χ2v) is 0.704. The van der Waals surface area contributed by atoms with E-state index in [-0.39, 0.29) is 43.4 Å². The third kappa shape index (κ3) is 49.7. The Morgan fingerprint density at radius 1 is 1.29 bits per heavy atom. The Morgan fingerprint density at radius 2 is 1.43 bits per heavy atom. The summed E-state index contributed by atoms with van der Waals surface area (Å²) in [5.41, 5.74) is 0. The maximum atomic E-state index is 9.30. The molecule has 0 aliphatic rings. The standard InChI is InChI=1S/C3H7O.Hf.2H2O/c1-2-3-4;;;/h2-3H2,1H3;;2*1H2/q-1;+4;;/p-2. The van der Waals surface area contributed by atoms with E-state index >= 15 is 0 Å². The van der Waals surface area contributed by atoms with E-state index in [1.165, 1.54) is 0 Å². The molecule has 0 unspecified atom stereocenters. The van der Waals surface area contributed by atoms with Gasteiger partial charge in [-0.2, -0.15) is 0 Å². The fourth-order valence-electron chi connectivity index (χ4n) is 0. The first-order valence-corrected chi connectivity index (χ1v) is 1.50. The summed E-state index contributed by atoms with van der Waals surface area (Å²) in [6.45, 7) is 1.94. The van der Waals surface area contributed by atoms with E-state index in [9.17, 15) is 5.11 Å². The Bertz CT molecular complexity index is 12.1. The molecule has 2 N–H and O–H groups in total. The van der Waals surface area contributed by atoms with Crippen molar-refractivity contribution in [3.05, 3.63) is 0 Å². The molecule has 0 aromatic heterocycles. The van der Waals surface area contributed by atoms with Crippen LogP contribution >= 0.6 is 0 Å². The van der Waals surface area contributed by atoms with Gasteiger partial charge in [-0.15, -0.1) is 6.61 Å². The first kappa shape index (κ1) is 25.1. The monoisotopic (exact) mass is 273 g/mol. The molecule has 0 rings (SSSR count). The second kappa shape index (κ2) is 29.5. The van der Waals surface area contributed by atoms with Gasteiger partial charge in [-0.3, -0.25) is 0 Å². The summed E-state index contributed by atoms with van der Waals surface area (Å²) in [4.78, 5) is 0. The summed E-state index contributed by atoms with van der Waals surface area (Å²) in [6, 6.07) is 0. The van der Waals surface area contributed by atoms with E-state index in [2.05, 4.69) is 0 Å². The molecule has 0 aromatic carbocycles. The number of rotatable bonds is 1. The molecule has 0 spiro atoms. The van der Waals surface area contributed by atoms with Gasteiger partial charge in [0, 0.05) is 0 Å². The quantitative estimate of drug-likeness (QED) is 0.597. The molecule has 4 heteroatoms. The molecule has 7 heavy (non-hydrogen) atoms. The van der Waals surface area contributed by atoms with Crippen molar-refractivity contribution in [3.63, 3.8) is 0 Å². The number of hydrogen-bond donors (Lipinski definition) is 0. The predicted molar refractivity (Wildman–Crippen MR) is 19.0 cm³/mol. The predicted octanol–water partition coefficient (Wildman–Crippen LogP) is -0.599. The smallest absolute Gasteiger partial charge is 0.870 e. The Hall–Kier alpha value is 0.750. The van der Waals surface area contributed by atoms with Crippen molar-refractivity contribution in [1.82, 2.24) is 0 Å². The minimum absolute atomic E-state index is 0. The Labute approximate surface area is 62.1 Å². The summed E-state index contributed by atoms with van der Waals surface area (Å²) >= 11 is 0. The first-order valence-electron chi connectivity index (χ1n) is 1.50. The molecule has 0 aliphatic heterocycles. The van der Waals surface area contributed by atoms with Gasteiger partial charge in [0.2, 0.25) is 0 Å². The molecule has 0 radical (unpaired) electrons. The van der Waals surface area contributed by atoms with Gasteiger partial charge in [0.15, 0.2) is 0 Å². The topological polar surface area (TPSA) is 83.1 Å². The minimum Gasteiger partial charge on any atom is -0.870 e. The van der Waals surface area contributed by atoms with Gasteiger partial charge < -0.3 is 16.1 Å². The van der Waals surface area contributed by atoms with E-state index < -0.39 is 0 Å². The van der Waals surface area contributed by atoms with Gasteiger partial charge in [-0.1, -0.05) is 13.3 Å². The van der Waals surface area contributed by atoms with Crippen LogP contribution in [-0.2, 0) is 25.8 Å². The van der Waals surface area contributed by atoms with Crippen LogP contribution in [0.3, 0.4) is 0 Å². The van der Waals surface area contributed by atoms with Crippen LogP contribution in [0.1, 0.15) is 13.3 Å². The molecule has 0 fully saturated rings. The Morgan fingerprint density at radius 3 is 1.43 bits per heavy atom. The van der Waals surface area contributed by atoms with E-state index in [0.717, 1.165) is 6.42 Å². The van der Waals surface area contributed by atoms with E-state index in [1.54, 1.807) is 0 Å². The van der Waals surface area contributed by atoms with Crippen LogP contribution in [0.15, 0.2) is 0 Å². The van der Waals surface area contributed by atoms with Gasteiger partial charge in [-0.25, -0.2) is 0 Å². The largest absolute Gasteiger partial charge is 4.00 e. The first-order chi connectivity index (χ1) is 1.91. The molecule has 0 atom stereocenters. The van der Waals surface area contributed by atoms with Crippen molar-refractivity contribution in [3.8, 4) is 0 Å². The summed E-state index contributed by atoms with van der Waals surface area (Å²) in [5.74, 6) is 0. The van der Waals surface area contributed by atoms with Crippen LogP contribution in [0.5, 0.6) is 0 Å². The Balaban J connectivity index is -0.0000000150. The molecule has 0 aromatic rings. The van der Waals surface area contributed by atoms with Crippen LogP contribution in [0.4, 0.5) is 0 Å². The normalized spacial score (nSPS) is 4.29. The summed E-state index contributed by atoms with van der Waals surface area (Å²) in [6.07, 6.45) is 0.764. The fourth-order valence-corrected chi connectivity index (χ4v) is 0. The molecule has 0 heterocycles. The maximum absolute atomic E-state index is 9.30. The number of hydrogen-bond acceptors (Lipinski definition) is 3. The van der Waals surface area contributed by atoms with Crippen molar-refractivity contribution in [2.75, 3.05) is 6.61 Å². The third-order valence-electron chi connectivity index (χ3n) is 0.204. The van der Waals surface area contributed by atoms with Crippen LogP contribution in [0.2, 0.25) is 0 Å². The third-order valence-corrected chi connectivity index (χ3v) is 0.204. The zero-order chi connectivity index (χ0) is 3.41. The average molecular weight is 272 g/mol. The van der Waals surface area contributed by atoms with Crippen molar-refractivity contribution < 1.29 is 41.9 Å². The van der Waals surface area contributed by atoms with Crippen molar-refractivity contribution in [2.24, 2.45) is 0 Å². The van der Waals surface area contributed by atoms with Gasteiger partial charge in [0.25, 0.3) is 0 Å². The van der Waals surface area contributed by atoms with Gasteiger partial charge in [-0.05, 0) is 0 Å². The summed E-state index contributed by atoms with van der Waals surface area (Å²) in [5, 5.41) is 9.30. The maximum Gasteiger partial charge on any atom is 4.00 e. The van der Waals surface area contributed by atoms with E-state index in [4.69, 9.17) is 0 Å². The molecule has 0 saturated carbocycles. The van der Waals surface area contributed by atoms with Crippen LogP contribution in [-0.4, -0.2) is 17.6 Å². The SMILES string of the molecule is CCC[O-].[Hf+4].[OH-].[OH-]. The minimum atomic E-state index is 0. The average Bonchev–Trinajstić information content (AvgIpc) is 1.37. The summed E-state index contributed by atoms with van der Waals surface area (Å²) < 4.78 is 0. The van der Waals surface area contributed by atoms with Crippen molar-refractivity contribution in [2.45, 2.75) is 13.3 Å². The molecular weight excluding hydrogens is 263 g/mol. The van der Waals surface area contributed by atoms with Crippen LogP contribution < -0.4 is 5.11 Å². The van der Waals surface area contributed by atoms with Crippen molar-refractivity contribution in [1.29, 1.82) is 0 Å². The summed E-state index contributed by atoms with van der Waals surface area (Å²) in [7, 11) is 0. The molecule has 42 valence electrons. The van der Waals surface area contributed by atoms with E-state index in [1.807, 2.05) is 6.92 Å². The van der Waals surface area contributed by atoms with Gasteiger partial charge in [0.1, 0.15) is 0 Å². The molecule has 0 bridgehead atoms. The fraction of sp³-hybridized carbons (Fsp3) is 1.00. The zero-order valence-corrected chi connectivity index (χ0v) is 7.81. The van der Waals surface area contributed by atoms with Gasteiger partial charge >= 0.3 is 25.8 Å². The molecular formula is C3H9HfO3+. The van der Waals surface area contributed by atoms with Gasteiger partial charge in [0.05, 0.1) is 0 Å². The Kier molecular flexibility index (Phi) is 106. The van der Waals surface area contributed by atoms with Crippen molar-refractivity contribution >= 4 is 0 Å². The van der Waals surface area contributed by atoms with Crippen LogP contribution in [0.25, 0.3) is 0 Å². The molecule has 3 nitrogen and oxygen atoms in total. The molecule has 0 amide bonds. The van der Waals surface area contributed by atoms with E-state index in [0.29, 0.717) is 0 Å². The second-order valence-electron chi connectivity index (χ2n) is 0.704. The molecule has 0 aliphatic carbocycles. The zero-order valence-electron chi connectivity index (χ0n) is 4.22.